The standard InChI is InChI=1S/C5H7Cl2N3O/c1-10-4(7)8-3(6)9-5(10)11-2/h5H,1-2H3. The van der Waals surface area contributed by atoms with Crippen molar-refractivity contribution in [3.8, 4) is 0 Å². The van der Waals surface area contributed by atoms with Crippen LogP contribution in [-0.2, 0) is 4.74 Å². The fourth-order valence-electron chi connectivity index (χ4n) is 0.664. The number of ether oxygens (including phenoxy) is 1. The molecule has 6 heteroatoms. The van der Waals surface area contributed by atoms with Gasteiger partial charge in [0.15, 0.2) is 0 Å². The van der Waals surface area contributed by atoms with Gasteiger partial charge in [0.1, 0.15) is 0 Å². The second-order valence-electron chi connectivity index (χ2n) is 1.95. The summed E-state index contributed by atoms with van der Waals surface area (Å²) < 4.78 is 4.93. The molecule has 1 aliphatic heterocycles. The van der Waals surface area contributed by atoms with E-state index in [0.29, 0.717) is 0 Å². The third-order valence-corrected chi connectivity index (χ3v) is 1.77. The minimum absolute atomic E-state index is 0.111. The third-order valence-electron chi connectivity index (χ3n) is 1.23. The Labute approximate surface area is 74.5 Å². The molecule has 1 aliphatic rings. The van der Waals surface area contributed by atoms with Crippen LogP contribution < -0.4 is 0 Å². The molecule has 1 atom stereocenters. The van der Waals surface area contributed by atoms with Gasteiger partial charge in [-0.05, 0) is 23.2 Å². The van der Waals surface area contributed by atoms with Crippen LogP contribution in [0, 0.1) is 0 Å². The Bertz CT molecular complexity index is 216. The Hall–Kier alpha value is -0.320. The third kappa shape index (κ3) is 1.83. The summed E-state index contributed by atoms with van der Waals surface area (Å²) in [5.74, 6) is 0. The maximum absolute atomic E-state index is 5.67. The minimum atomic E-state index is -0.465. The van der Waals surface area contributed by atoms with Gasteiger partial charge >= 0.3 is 0 Å². The number of rotatable bonds is 1. The lowest BCUT2D eigenvalue weighted by molar-refractivity contribution is 0.0273. The summed E-state index contributed by atoms with van der Waals surface area (Å²) in [5.41, 5.74) is 0. The second kappa shape index (κ2) is 3.38. The monoisotopic (exact) mass is 195 g/mol. The number of halogens is 2. The van der Waals surface area contributed by atoms with E-state index in [4.69, 9.17) is 27.9 Å². The second-order valence-corrected chi connectivity index (χ2v) is 2.63. The highest BCUT2D eigenvalue weighted by Crippen LogP contribution is 2.11. The van der Waals surface area contributed by atoms with Crippen LogP contribution in [-0.4, -0.2) is 36.0 Å². The molecule has 0 aromatic heterocycles. The zero-order valence-corrected chi connectivity index (χ0v) is 7.60. The molecule has 11 heavy (non-hydrogen) atoms. The van der Waals surface area contributed by atoms with Gasteiger partial charge in [-0.3, -0.25) is 0 Å². The lowest BCUT2D eigenvalue weighted by atomic mass is 10.7. The minimum Gasteiger partial charge on any atom is -0.342 e. The molecule has 0 radical (unpaired) electrons. The average Bonchev–Trinajstić information content (AvgIpc) is 1.96. The SMILES string of the molecule is COC1N=C(Cl)N=C(Cl)N1C. The van der Waals surface area contributed by atoms with Crippen molar-refractivity contribution in [2.75, 3.05) is 14.2 Å². The van der Waals surface area contributed by atoms with Crippen molar-refractivity contribution in [1.29, 1.82) is 0 Å². The number of hydrogen-bond acceptors (Lipinski definition) is 4. The fourth-order valence-corrected chi connectivity index (χ4v) is 1.03. The Kier molecular flexibility index (Phi) is 2.70. The number of aliphatic imine (C=N–C) groups is 2. The predicted molar refractivity (Wildman–Crippen MR) is 45.1 cm³/mol. The lowest BCUT2D eigenvalue weighted by Gasteiger charge is -2.25. The molecule has 0 bridgehead atoms. The predicted octanol–water partition coefficient (Wildman–Crippen LogP) is 1.05. The topological polar surface area (TPSA) is 37.2 Å². The highest BCUT2D eigenvalue weighted by atomic mass is 35.5. The molecular weight excluding hydrogens is 189 g/mol. The Morgan fingerprint density at radius 1 is 1.55 bits per heavy atom. The van der Waals surface area contributed by atoms with Crippen molar-refractivity contribution in [3.05, 3.63) is 0 Å². The van der Waals surface area contributed by atoms with Gasteiger partial charge in [-0.2, -0.15) is 4.99 Å². The summed E-state index contributed by atoms with van der Waals surface area (Å²) in [6.45, 7) is 0. The molecule has 0 fully saturated rings. The van der Waals surface area contributed by atoms with Crippen molar-refractivity contribution in [1.82, 2.24) is 4.90 Å². The zero-order valence-electron chi connectivity index (χ0n) is 6.08. The zero-order chi connectivity index (χ0) is 8.43. The van der Waals surface area contributed by atoms with Crippen molar-refractivity contribution >= 4 is 33.8 Å². The van der Waals surface area contributed by atoms with Crippen LogP contribution >= 0.6 is 23.2 Å². The van der Waals surface area contributed by atoms with Gasteiger partial charge < -0.3 is 9.64 Å². The molecule has 0 amide bonds. The van der Waals surface area contributed by atoms with E-state index < -0.39 is 6.35 Å². The summed E-state index contributed by atoms with van der Waals surface area (Å²) >= 11 is 11.2. The van der Waals surface area contributed by atoms with Crippen molar-refractivity contribution in [2.24, 2.45) is 9.98 Å². The summed E-state index contributed by atoms with van der Waals surface area (Å²) in [4.78, 5) is 9.11. The first-order chi connectivity index (χ1) is 5.15. The van der Waals surface area contributed by atoms with E-state index in [-0.39, 0.29) is 10.6 Å². The van der Waals surface area contributed by atoms with E-state index in [2.05, 4.69) is 9.98 Å². The molecule has 4 nitrogen and oxygen atoms in total. The number of hydrogen-bond donors (Lipinski definition) is 0. The molecule has 0 N–H and O–H groups in total. The van der Waals surface area contributed by atoms with Crippen molar-refractivity contribution in [2.45, 2.75) is 6.35 Å². The van der Waals surface area contributed by atoms with Crippen LogP contribution in [0.1, 0.15) is 0 Å². The summed E-state index contributed by atoms with van der Waals surface area (Å²) in [6.07, 6.45) is -0.465. The average molecular weight is 196 g/mol. The van der Waals surface area contributed by atoms with Crippen LogP contribution in [0.3, 0.4) is 0 Å². The quantitative estimate of drug-likeness (QED) is 0.587. The van der Waals surface area contributed by atoms with E-state index in [9.17, 15) is 0 Å². The van der Waals surface area contributed by atoms with Crippen LogP contribution in [0.4, 0.5) is 0 Å². The van der Waals surface area contributed by atoms with E-state index in [1.54, 1.807) is 11.9 Å². The number of nitrogens with zero attached hydrogens (tertiary/aromatic N) is 3. The van der Waals surface area contributed by atoms with Crippen LogP contribution in [0.5, 0.6) is 0 Å². The molecule has 1 heterocycles. The summed E-state index contributed by atoms with van der Waals surface area (Å²) in [5, 5.41) is 0.386. The molecule has 0 aromatic rings. The summed E-state index contributed by atoms with van der Waals surface area (Å²) in [7, 11) is 3.23. The molecule has 0 aliphatic carbocycles. The van der Waals surface area contributed by atoms with E-state index >= 15 is 0 Å². The maximum Gasteiger partial charge on any atom is 0.232 e. The first-order valence-electron chi connectivity index (χ1n) is 2.88. The van der Waals surface area contributed by atoms with Gasteiger partial charge in [0.05, 0.1) is 0 Å². The van der Waals surface area contributed by atoms with Gasteiger partial charge in [-0.1, -0.05) is 0 Å². The molecule has 0 spiro atoms. The molecule has 1 rings (SSSR count). The summed E-state index contributed by atoms with van der Waals surface area (Å²) in [6, 6.07) is 0. The largest absolute Gasteiger partial charge is 0.342 e. The molecule has 62 valence electrons. The maximum atomic E-state index is 5.67. The Morgan fingerprint density at radius 2 is 2.18 bits per heavy atom. The Balaban J connectivity index is 2.81. The molecule has 0 aromatic carbocycles. The molecule has 0 saturated carbocycles. The van der Waals surface area contributed by atoms with Crippen molar-refractivity contribution < 1.29 is 4.74 Å². The fraction of sp³-hybridized carbons (Fsp3) is 0.600. The first kappa shape index (κ1) is 8.77. The van der Waals surface area contributed by atoms with Crippen LogP contribution in [0.25, 0.3) is 0 Å². The Morgan fingerprint density at radius 3 is 2.73 bits per heavy atom. The van der Waals surface area contributed by atoms with Gasteiger partial charge in [-0.25, -0.2) is 4.99 Å². The van der Waals surface area contributed by atoms with Crippen LogP contribution in [0.2, 0.25) is 0 Å². The van der Waals surface area contributed by atoms with Gasteiger partial charge in [-0.15, -0.1) is 0 Å². The van der Waals surface area contributed by atoms with E-state index in [1.165, 1.54) is 7.11 Å². The number of amidine groups is 2. The van der Waals surface area contributed by atoms with Gasteiger partial charge in [0.25, 0.3) is 0 Å². The lowest BCUT2D eigenvalue weighted by Crippen LogP contribution is -2.37. The molecule has 1 unspecified atom stereocenters. The number of methoxy groups -OCH3 is 1. The highest BCUT2D eigenvalue weighted by Gasteiger charge is 2.20. The van der Waals surface area contributed by atoms with Gasteiger partial charge in [0, 0.05) is 14.2 Å². The van der Waals surface area contributed by atoms with E-state index in [0.717, 1.165) is 0 Å². The molecule has 0 saturated heterocycles. The van der Waals surface area contributed by atoms with Crippen molar-refractivity contribution in [3.63, 3.8) is 0 Å². The highest BCUT2D eigenvalue weighted by molar-refractivity contribution is 6.71. The van der Waals surface area contributed by atoms with Gasteiger partial charge in [0.2, 0.25) is 16.9 Å². The van der Waals surface area contributed by atoms with Crippen LogP contribution in [0.15, 0.2) is 9.98 Å². The van der Waals surface area contributed by atoms with E-state index in [1.807, 2.05) is 0 Å². The molecular formula is C5H7Cl2N3O. The normalized spacial score (nSPS) is 24.7. The smallest absolute Gasteiger partial charge is 0.232 e. The first-order valence-corrected chi connectivity index (χ1v) is 3.64.